The van der Waals surface area contributed by atoms with Gasteiger partial charge in [-0.1, -0.05) is 24.3 Å². The Morgan fingerprint density at radius 3 is 2.81 bits per heavy atom. The summed E-state index contributed by atoms with van der Waals surface area (Å²) >= 11 is 1.52. The monoisotopic (exact) mass is 380 g/mol. The van der Waals surface area contributed by atoms with E-state index in [2.05, 4.69) is 39.5 Å². The number of benzene rings is 1. The van der Waals surface area contributed by atoms with Gasteiger partial charge in [0.2, 0.25) is 0 Å². The van der Waals surface area contributed by atoms with Crippen molar-refractivity contribution in [1.29, 1.82) is 0 Å². The Morgan fingerprint density at radius 2 is 2.04 bits per heavy atom. The molecular weight excluding hydrogens is 356 g/mol. The molecule has 0 radical (unpaired) electrons. The number of fused-ring (bicyclic) bond motifs is 2. The fraction of sp³-hybridized carbons (Fsp3) is 0.429. The van der Waals surface area contributed by atoms with Gasteiger partial charge in [0.15, 0.2) is 4.96 Å². The molecule has 1 aliphatic heterocycles. The second-order valence-electron chi connectivity index (χ2n) is 7.79. The maximum atomic E-state index is 12.8. The normalized spacial score (nSPS) is 20.9. The number of piperidine rings is 1. The Bertz CT molecular complexity index is 966. The molecule has 1 unspecified atom stereocenters. The predicted molar refractivity (Wildman–Crippen MR) is 108 cm³/mol. The Kier molecular flexibility index (Phi) is 4.25. The zero-order chi connectivity index (χ0) is 18.4. The van der Waals surface area contributed by atoms with Gasteiger partial charge in [0.1, 0.15) is 5.69 Å². The lowest BCUT2D eigenvalue weighted by molar-refractivity contribution is 0.0871. The van der Waals surface area contributed by atoms with Crippen LogP contribution in [0.25, 0.3) is 4.96 Å². The molecule has 140 valence electrons. The minimum Gasteiger partial charge on any atom is -0.347 e. The molecule has 1 saturated heterocycles. The van der Waals surface area contributed by atoms with E-state index in [1.54, 1.807) is 0 Å². The summed E-state index contributed by atoms with van der Waals surface area (Å²) in [5.74, 6) is 0.0141. The maximum Gasteiger partial charge on any atom is 0.269 e. The molecule has 1 atom stereocenters. The van der Waals surface area contributed by atoms with Gasteiger partial charge in [0, 0.05) is 30.2 Å². The standard InChI is InChI=1S/C21H24N4OS/c1-14-11-25-19(13-27-21(25)22-14)20(26)23-17-7-4-8-24(12-17)18-9-15-5-2-3-6-16(15)10-18/h2-3,5-6,11,13,17-18H,4,7-10,12H2,1H3,(H,23,26). The molecule has 1 amide bonds. The lowest BCUT2D eigenvalue weighted by atomic mass is 10.0. The Balaban J connectivity index is 1.26. The molecule has 0 spiro atoms. The second kappa shape index (κ2) is 6.77. The van der Waals surface area contributed by atoms with Crippen molar-refractivity contribution in [3.05, 3.63) is 58.4 Å². The zero-order valence-corrected chi connectivity index (χ0v) is 16.3. The van der Waals surface area contributed by atoms with Gasteiger partial charge in [-0.25, -0.2) is 4.98 Å². The van der Waals surface area contributed by atoms with Crippen LogP contribution < -0.4 is 5.32 Å². The summed E-state index contributed by atoms with van der Waals surface area (Å²) in [5.41, 5.74) is 4.62. The third kappa shape index (κ3) is 3.17. The van der Waals surface area contributed by atoms with Gasteiger partial charge in [0.25, 0.3) is 5.91 Å². The van der Waals surface area contributed by atoms with E-state index < -0.39 is 0 Å². The molecule has 27 heavy (non-hydrogen) atoms. The number of thiazole rings is 1. The van der Waals surface area contributed by atoms with Crippen LogP contribution in [0.5, 0.6) is 0 Å². The third-order valence-electron chi connectivity index (χ3n) is 5.90. The van der Waals surface area contributed by atoms with Crippen LogP contribution >= 0.6 is 11.3 Å². The molecule has 6 heteroatoms. The highest BCUT2D eigenvalue weighted by atomic mass is 32.1. The zero-order valence-electron chi connectivity index (χ0n) is 15.5. The topological polar surface area (TPSA) is 49.6 Å². The fourth-order valence-corrected chi connectivity index (χ4v) is 5.47. The van der Waals surface area contributed by atoms with Crippen LogP contribution in [-0.2, 0) is 12.8 Å². The molecule has 1 aliphatic carbocycles. The van der Waals surface area contributed by atoms with Gasteiger partial charge >= 0.3 is 0 Å². The molecule has 1 fully saturated rings. The first-order valence-electron chi connectivity index (χ1n) is 9.72. The average Bonchev–Trinajstić information content (AvgIpc) is 3.34. The van der Waals surface area contributed by atoms with Crippen LogP contribution in [0.4, 0.5) is 0 Å². The van der Waals surface area contributed by atoms with Crippen LogP contribution in [0.3, 0.4) is 0 Å². The molecule has 2 aromatic heterocycles. The first-order valence-corrected chi connectivity index (χ1v) is 10.6. The van der Waals surface area contributed by atoms with Crippen molar-refractivity contribution in [3.63, 3.8) is 0 Å². The second-order valence-corrected chi connectivity index (χ2v) is 8.63. The minimum absolute atomic E-state index is 0.0141. The number of rotatable bonds is 3. The lowest BCUT2D eigenvalue weighted by Gasteiger charge is -2.37. The molecule has 5 nitrogen and oxygen atoms in total. The van der Waals surface area contributed by atoms with E-state index in [1.807, 2.05) is 22.9 Å². The molecule has 0 bridgehead atoms. The van der Waals surface area contributed by atoms with E-state index in [-0.39, 0.29) is 11.9 Å². The van der Waals surface area contributed by atoms with Gasteiger partial charge in [-0.05, 0) is 50.3 Å². The first kappa shape index (κ1) is 17.0. The van der Waals surface area contributed by atoms with Gasteiger partial charge in [-0.3, -0.25) is 14.1 Å². The highest BCUT2D eigenvalue weighted by molar-refractivity contribution is 7.15. The number of likely N-dealkylation sites (tertiary alicyclic amines) is 1. The number of aromatic nitrogens is 2. The largest absolute Gasteiger partial charge is 0.347 e. The van der Waals surface area contributed by atoms with Gasteiger partial charge in [-0.15, -0.1) is 11.3 Å². The quantitative estimate of drug-likeness (QED) is 0.760. The van der Waals surface area contributed by atoms with Crippen molar-refractivity contribution in [2.45, 2.75) is 44.7 Å². The van der Waals surface area contributed by atoms with Crippen LogP contribution in [0, 0.1) is 6.92 Å². The van der Waals surface area contributed by atoms with E-state index >= 15 is 0 Å². The van der Waals surface area contributed by atoms with Crippen LogP contribution in [0.1, 0.15) is 40.2 Å². The summed E-state index contributed by atoms with van der Waals surface area (Å²) in [7, 11) is 0. The summed E-state index contributed by atoms with van der Waals surface area (Å²) < 4.78 is 1.91. The number of nitrogens with zero attached hydrogens (tertiary/aromatic N) is 3. The smallest absolute Gasteiger partial charge is 0.269 e. The Hall–Kier alpha value is -2.18. The molecule has 1 aromatic carbocycles. The molecule has 1 N–H and O–H groups in total. The van der Waals surface area contributed by atoms with Crippen molar-refractivity contribution < 1.29 is 4.79 Å². The summed E-state index contributed by atoms with van der Waals surface area (Å²) in [6.07, 6.45) is 6.40. The number of nitrogens with one attached hydrogen (secondary N) is 1. The summed E-state index contributed by atoms with van der Waals surface area (Å²) in [6.45, 7) is 4.04. The van der Waals surface area contributed by atoms with E-state index in [0.29, 0.717) is 11.7 Å². The summed E-state index contributed by atoms with van der Waals surface area (Å²) in [4.78, 5) is 20.7. The third-order valence-corrected chi connectivity index (χ3v) is 6.74. The van der Waals surface area contributed by atoms with E-state index in [4.69, 9.17) is 0 Å². The molecule has 3 heterocycles. The van der Waals surface area contributed by atoms with Crippen molar-refractivity contribution in [3.8, 4) is 0 Å². The van der Waals surface area contributed by atoms with Crippen molar-refractivity contribution >= 4 is 22.2 Å². The highest BCUT2D eigenvalue weighted by Crippen LogP contribution is 2.27. The number of hydrogen-bond donors (Lipinski definition) is 1. The van der Waals surface area contributed by atoms with Crippen molar-refractivity contribution in [2.24, 2.45) is 0 Å². The number of hydrogen-bond acceptors (Lipinski definition) is 4. The van der Waals surface area contributed by atoms with E-state index in [1.165, 1.54) is 22.5 Å². The molecule has 3 aromatic rings. The first-order chi connectivity index (χ1) is 13.2. The van der Waals surface area contributed by atoms with Crippen molar-refractivity contribution in [1.82, 2.24) is 19.6 Å². The minimum atomic E-state index is 0.0141. The van der Waals surface area contributed by atoms with E-state index in [0.717, 1.165) is 49.4 Å². The number of imidazole rings is 1. The highest BCUT2D eigenvalue weighted by Gasteiger charge is 2.31. The molecule has 0 saturated carbocycles. The maximum absolute atomic E-state index is 12.8. The number of carbonyl (C=O) groups is 1. The lowest BCUT2D eigenvalue weighted by Crippen LogP contribution is -2.51. The summed E-state index contributed by atoms with van der Waals surface area (Å²) in [5, 5.41) is 5.18. The van der Waals surface area contributed by atoms with Gasteiger partial charge < -0.3 is 5.32 Å². The van der Waals surface area contributed by atoms with E-state index in [9.17, 15) is 4.79 Å². The van der Waals surface area contributed by atoms with Crippen LogP contribution in [0.15, 0.2) is 35.8 Å². The number of carbonyl (C=O) groups excluding carboxylic acids is 1. The van der Waals surface area contributed by atoms with Gasteiger partial charge in [0.05, 0.1) is 5.69 Å². The fourth-order valence-electron chi connectivity index (χ4n) is 4.57. The van der Waals surface area contributed by atoms with Gasteiger partial charge in [-0.2, -0.15) is 0 Å². The number of amides is 1. The van der Waals surface area contributed by atoms with Crippen molar-refractivity contribution in [2.75, 3.05) is 13.1 Å². The van der Waals surface area contributed by atoms with Crippen LogP contribution in [0.2, 0.25) is 0 Å². The molecule has 5 rings (SSSR count). The van der Waals surface area contributed by atoms with Crippen LogP contribution in [-0.4, -0.2) is 45.4 Å². The molecular formula is C21H24N4OS. The Labute approximate surface area is 163 Å². The predicted octanol–water partition coefficient (Wildman–Crippen LogP) is 3.07. The SMILES string of the molecule is Cc1cn2c(C(=O)NC3CCCN(C4Cc5ccccc5C4)C3)csc2n1. The summed E-state index contributed by atoms with van der Waals surface area (Å²) in [6, 6.07) is 9.58. The molecule has 2 aliphatic rings. The number of aryl methyl sites for hydroxylation is 1. The Morgan fingerprint density at radius 1 is 1.26 bits per heavy atom. The average molecular weight is 381 g/mol.